The number of hydrogen-bond donors (Lipinski definition) is 0. The van der Waals surface area contributed by atoms with Crippen molar-refractivity contribution in [2.24, 2.45) is 0 Å². The van der Waals surface area contributed by atoms with Gasteiger partial charge in [-0.3, -0.25) is 19.9 Å². The van der Waals surface area contributed by atoms with E-state index in [-0.39, 0.29) is 16.9 Å². The van der Waals surface area contributed by atoms with Crippen LogP contribution in [0.3, 0.4) is 0 Å². The lowest BCUT2D eigenvalue weighted by atomic mass is 9.95. The lowest BCUT2D eigenvalue weighted by Crippen LogP contribution is -2.12. The standard InChI is InChI=1S/C14H8FN3O3/c15-10-3-6-13(17-8-10)12(7-16)14(19)9-1-4-11(5-2-9)18(20)21/h1-6,8,12H/t12-/m1/s1. The van der Waals surface area contributed by atoms with E-state index < -0.39 is 22.4 Å². The molecule has 1 heterocycles. The summed E-state index contributed by atoms with van der Waals surface area (Å²) in [4.78, 5) is 25.9. The fourth-order valence-corrected chi connectivity index (χ4v) is 1.73. The second kappa shape index (κ2) is 5.88. The van der Waals surface area contributed by atoms with Crippen LogP contribution in [0.2, 0.25) is 0 Å². The molecule has 0 aliphatic carbocycles. The van der Waals surface area contributed by atoms with Gasteiger partial charge in [0.2, 0.25) is 0 Å². The maximum absolute atomic E-state index is 12.8. The van der Waals surface area contributed by atoms with Crippen LogP contribution in [0.1, 0.15) is 22.0 Å². The number of pyridine rings is 1. The summed E-state index contributed by atoms with van der Waals surface area (Å²) in [7, 11) is 0. The largest absolute Gasteiger partial charge is 0.292 e. The number of hydrogen-bond acceptors (Lipinski definition) is 5. The van der Waals surface area contributed by atoms with Crippen molar-refractivity contribution in [3.8, 4) is 6.07 Å². The van der Waals surface area contributed by atoms with Crippen molar-refractivity contribution in [1.82, 2.24) is 4.98 Å². The Morgan fingerprint density at radius 2 is 1.95 bits per heavy atom. The Balaban J connectivity index is 2.30. The van der Waals surface area contributed by atoms with Gasteiger partial charge in [0.05, 0.1) is 22.9 Å². The van der Waals surface area contributed by atoms with Gasteiger partial charge in [0.1, 0.15) is 5.82 Å². The number of nitrogens with zero attached hydrogens (tertiary/aromatic N) is 3. The molecule has 1 aromatic heterocycles. The van der Waals surface area contributed by atoms with Gasteiger partial charge >= 0.3 is 0 Å². The molecule has 7 heteroatoms. The maximum Gasteiger partial charge on any atom is 0.269 e. The first-order valence-electron chi connectivity index (χ1n) is 5.82. The molecule has 0 amide bonds. The van der Waals surface area contributed by atoms with E-state index in [1.807, 2.05) is 0 Å². The lowest BCUT2D eigenvalue weighted by molar-refractivity contribution is -0.384. The maximum atomic E-state index is 12.8. The van der Waals surface area contributed by atoms with Crippen molar-refractivity contribution in [3.63, 3.8) is 0 Å². The number of aromatic nitrogens is 1. The van der Waals surface area contributed by atoms with Crippen molar-refractivity contribution >= 4 is 11.5 Å². The van der Waals surface area contributed by atoms with Crippen molar-refractivity contribution in [2.45, 2.75) is 5.92 Å². The molecule has 2 rings (SSSR count). The van der Waals surface area contributed by atoms with E-state index in [9.17, 15) is 19.3 Å². The average Bonchev–Trinajstić information content (AvgIpc) is 2.50. The number of carbonyl (C=O) groups excluding carboxylic acids is 1. The second-order valence-corrected chi connectivity index (χ2v) is 4.13. The molecule has 2 aromatic rings. The number of Topliss-reactive ketones (excluding diaryl/α,β-unsaturated/α-hetero) is 1. The van der Waals surface area contributed by atoms with Crippen molar-refractivity contribution in [2.75, 3.05) is 0 Å². The summed E-state index contributed by atoms with van der Waals surface area (Å²) in [6.45, 7) is 0. The van der Waals surface area contributed by atoms with Gasteiger partial charge in [0.25, 0.3) is 5.69 Å². The molecular weight excluding hydrogens is 277 g/mol. The molecule has 104 valence electrons. The Morgan fingerprint density at radius 3 is 2.43 bits per heavy atom. The highest BCUT2D eigenvalue weighted by Crippen LogP contribution is 2.20. The van der Waals surface area contributed by atoms with Gasteiger partial charge in [-0.05, 0) is 24.3 Å². The van der Waals surface area contributed by atoms with Gasteiger partial charge in [-0.1, -0.05) is 0 Å². The fraction of sp³-hybridized carbons (Fsp3) is 0.0714. The Morgan fingerprint density at radius 1 is 1.29 bits per heavy atom. The summed E-state index contributed by atoms with van der Waals surface area (Å²) in [5.41, 5.74) is 0.125. The molecule has 0 bridgehead atoms. The molecule has 0 saturated heterocycles. The minimum atomic E-state index is -1.19. The molecule has 21 heavy (non-hydrogen) atoms. The molecule has 0 aliphatic heterocycles. The first-order chi connectivity index (χ1) is 10.0. The predicted octanol–water partition coefficient (Wildman–Crippen LogP) is 2.62. The van der Waals surface area contributed by atoms with E-state index in [1.165, 1.54) is 30.3 Å². The Kier molecular flexibility index (Phi) is 4.00. The zero-order valence-corrected chi connectivity index (χ0v) is 10.6. The molecule has 0 aliphatic rings. The Hall–Kier alpha value is -3.14. The topological polar surface area (TPSA) is 96.9 Å². The van der Waals surface area contributed by atoms with E-state index in [4.69, 9.17) is 5.26 Å². The molecule has 0 radical (unpaired) electrons. The summed E-state index contributed by atoms with van der Waals surface area (Å²) < 4.78 is 12.8. The quantitative estimate of drug-likeness (QED) is 0.488. The first kappa shape index (κ1) is 14.3. The number of benzene rings is 1. The number of nitriles is 1. The molecule has 0 spiro atoms. The van der Waals surface area contributed by atoms with Gasteiger partial charge in [-0.2, -0.15) is 5.26 Å². The van der Waals surface area contributed by atoms with E-state index in [0.717, 1.165) is 12.3 Å². The van der Waals surface area contributed by atoms with Crippen LogP contribution in [0.25, 0.3) is 0 Å². The Labute approximate surface area is 118 Å². The summed E-state index contributed by atoms with van der Waals surface area (Å²) in [6, 6.07) is 9.07. The zero-order chi connectivity index (χ0) is 15.4. The van der Waals surface area contributed by atoms with Crippen molar-refractivity contribution in [1.29, 1.82) is 5.26 Å². The molecular formula is C14H8FN3O3. The first-order valence-corrected chi connectivity index (χ1v) is 5.82. The monoisotopic (exact) mass is 285 g/mol. The molecule has 0 saturated carbocycles. The van der Waals surface area contributed by atoms with Crippen LogP contribution in [0.5, 0.6) is 0 Å². The van der Waals surface area contributed by atoms with Gasteiger partial charge < -0.3 is 0 Å². The van der Waals surface area contributed by atoms with Gasteiger partial charge in [-0.15, -0.1) is 0 Å². The van der Waals surface area contributed by atoms with Crippen molar-refractivity contribution < 1.29 is 14.1 Å². The van der Waals surface area contributed by atoms with Crippen LogP contribution in [-0.4, -0.2) is 15.7 Å². The van der Waals surface area contributed by atoms with Crippen LogP contribution in [0, 0.1) is 27.3 Å². The average molecular weight is 285 g/mol. The van der Waals surface area contributed by atoms with Crippen molar-refractivity contribution in [3.05, 3.63) is 69.8 Å². The van der Waals surface area contributed by atoms with Crippen LogP contribution in [-0.2, 0) is 0 Å². The summed E-state index contributed by atoms with van der Waals surface area (Å²) in [5.74, 6) is -2.31. The Bertz CT molecular complexity index is 721. The number of nitro benzene ring substituents is 1. The number of ketones is 1. The third kappa shape index (κ3) is 3.06. The van der Waals surface area contributed by atoms with E-state index >= 15 is 0 Å². The number of nitro groups is 1. The summed E-state index contributed by atoms with van der Waals surface area (Å²) >= 11 is 0. The normalized spacial score (nSPS) is 11.4. The van der Waals surface area contributed by atoms with Gasteiger partial charge in [0.15, 0.2) is 11.7 Å². The molecule has 1 atom stereocenters. The molecule has 0 unspecified atom stereocenters. The molecule has 0 N–H and O–H groups in total. The summed E-state index contributed by atoms with van der Waals surface area (Å²) in [5, 5.41) is 19.7. The van der Waals surface area contributed by atoms with Crippen LogP contribution in [0.4, 0.5) is 10.1 Å². The minimum Gasteiger partial charge on any atom is -0.292 e. The molecule has 0 fully saturated rings. The van der Waals surface area contributed by atoms with Gasteiger partial charge in [0, 0.05) is 17.7 Å². The van der Waals surface area contributed by atoms with E-state index in [0.29, 0.717) is 0 Å². The van der Waals surface area contributed by atoms with Gasteiger partial charge in [-0.25, -0.2) is 4.39 Å². The fourth-order valence-electron chi connectivity index (χ4n) is 1.73. The smallest absolute Gasteiger partial charge is 0.269 e. The SMILES string of the molecule is N#C[C@@H](C(=O)c1ccc([N+](=O)[O-])cc1)c1ccc(F)cn1. The lowest BCUT2D eigenvalue weighted by Gasteiger charge is -2.07. The number of rotatable bonds is 4. The molecule has 6 nitrogen and oxygen atoms in total. The predicted molar refractivity (Wildman–Crippen MR) is 70.0 cm³/mol. The summed E-state index contributed by atoms with van der Waals surface area (Å²) in [6.07, 6.45) is 0.919. The number of non-ortho nitro benzene ring substituents is 1. The second-order valence-electron chi connectivity index (χ2n) is 4.13. The zero-order valence-electron chi connectivity index (χ0n) is 10.6. The minimum absolute atomic E-state index is 0.127. The molecule has 1 aromatic carbocycles. The van der Waals surface area contributed by atoms with E-state index in [2.05, 4.69) is 4.98 Å². The van der Waals surface area contributed by atoms with Crippen LogP contribution < -0.4 is 0 Å². The number of halogens is 1. The number of carbonyl (C=O) groups is 1. The van der Waals surface area contributed by atoms with Crippen LogP contribution in [0.15, 0.2) is 42.6 Å². The highest BCUT2D eigenvalue weighted by atomic mass is 19.1. The highest BCUT2D eigenvalue weighted by Gasteiger charge is 2.23. The van der Waals surface area contributed by atoms with E-state index in [1.54, 1.807) is 6.07 Å². The highest BCUT2D eigenvalue weighted by molar-refractivity contribution is 6.02. The van der Waals surface area contributed by atoms with Crippen LogP contribution >= 0.6 is 0 Å². The third-order valence-corrected chi connectivity index (χ3v) is 2.80. The third-order valence-electron chi connectivity index (χ3n) is 2.80.